The Hall–Kier alpha value is -1.36. The summed E-state index contributed by atoms with van der Waals surface area (Å²) < 4.78 is 1.78. The number of likely N-dealkylation sites (tertiary alicyclic amines) is 1. The molecule has 1 aromatic heterocycles. The number of nitrogens with zero attached hydrogens (tertiary/aromatic N) is 3. The molecule has 2 heterocycles. The fraction of sp³-hybridized carbons (Fsp3) is 0.692. The lowest BCUT2D eigenvalue weighted by Gasteiger charge is -2.26. The molecule has 1 unspecified atom stereocenters. The van der Waals surface area contributed by atoms with Crippen LogP contribution in [0.5, 0.6) is 0 Å². The van der Waals surface area contributed by atoms with E-state index in [9.17, 15) is 9.90 Å². The number of carboxylic acids is 1. The molecule has 0 amide bonds. The van der Waals surface area contributed by atoms with Crippen LogP contribution in [-0.4, -0.2) is 44.9 Å². The molecular weight excluding hydrogens is 230 g/mol. The van der Waals surface area contributed by atoms with Gasteiger partial charge in [-0.25, -0.2) is 0 Å². The highest BCUT2D eigenvalue weighted by molar-refractivity contribution is 5.73. The van der Waals surface area contributed by atoms with Gasteiger partial charge in [0, 0.05) is 19.8 Å². The summed E-state index contributed by atoms with van der Waals surface area (Å²) in [5.41, 5.74) is 1.17. The van der Waals surface area contributed by atoms with Gasteiger partial charge in [-0.15, -0.1) is 0 Å². The van der Waals surface area contributed by atoms with Crippen molar-refractivity contribution in [1.82, 2.24) is 14.7 Å². The SMILES string of the molecule is Cn1cc(CCN2CCCCCC2C(=O)O)cn1. The standard InChI is InChI=1S/C13H21N3O2/c1-15-10-11(9-14-15)6-8-16-7-4-2-3-5-12(16)13(17)18/h9-10,12H,2-8H2,1H3,(H,17,18). The van der Waals surface area contributed by atoms with Crippen LogP contribution in [-0.2, 0) is 18.3 Å². The summed E-state index contributed by atoms with van der Waals surface area (Å²) >= 11 is 0. The van der Waals surface area contributed by atoms with Gasteiger partial charge in [-0.1, -0.05) is 12.8 Å². The van der Waals surface area contributed by atoms with E-state index in [4.69, 9.17) is 0 Å². The zero-order chi connectivity index (χ0) is 13.0. The molecule has 1 atom stereocenters. The minimum Gasteiger partial charge on any atom is -0.480 e. The predicted octanol–water partition coefficient (Wildman–Crippen LogP) is 1.29. The lowest BCUT2D eigenvalue weighted by atomic mass is 10.1. The smallest absolute Gasteiger partial charge is 0.320 e. The van der Waals surface area contributed by atoms with Crippen LogP contribution in [0.2, 0.25) is 0 Å². The Bertz CT molecular complexity index is 403. The summed E-state index contributed by atoms with van der Waals surface area (Å²) in [5, 5.41) is 13.4. The van der Waals surface area contributed by atoms with Gasteiger partial charge < -0.3 is 5.11 Å². The van der Waals surface area contributed by atoms with Crippen molar-refractivity contribution in [3.05, 3.63) is 18.0 Å². The van der Waals surface area contributed by atoms with E-state index in [1.807, 2.05) is 19.4 Å². The highest BCUT2D eigenvalue weighted by Crippen LogP contribution is 2.17. The average molecular weight is 251 g/mol. The summed E-state index contributed by atoms with van der Waals surface area (Å²) in [6.07, 6.45) is 8.78. The van der Waals surface area contributed by atoms with E-state index in [2.05, 4.69) is 10.00 Å². The molecule has 0 saturated carbocycles. The third-order valence-electron chi connectivity index (χ3n) is 3.59. The predicted molar refractivity (Wildman–Crippen MR) is 68.4 cm³/mol. The Morgan fingerprint density at radius 1 is 1.50 bits per heavy atom. The van der Waals surface area contributed by atoms with Crippen molar-refractivity contribution in [2.24, 2.45) is 7.05 Å². The molecule has 1 aliphatic rings. The van der Waals surface area contributed by atoms with Crippen LogP contribution >= 0.6 is 0 Å². The minimum absolute atomic E-state index is 0.302. The van der Waals surface area contributed by atoms with Crippen molar-refractivity contribution < 1.29 is 9.90 Å². The molecule has 0 bridgehead atoms. The van der Waals surface area contributed by atoms with E-state index in [0.717, 1.165) is 45.2 Å². The van der Waals surface area contributed by atoms with Crippen molar-refractivity contribution >= 4 is 5.97 Å². The summed E-state index contributed by atoms with van der Waals surface area (Å²) in [5.74, 6) is -0.678. The van der Waals surface area contributed by atoms with E-state index in [1.54, 1.807) is 4.68 Å². The highest BCUT2D eigenvalue weighted by atomic mass is 16.4. The van der Waals surface area contributed by atoms with Crippen LogP contribution in [0.4, 0.5) is 0 Å². The molecular formula is C13H21N3O2. The highest BCUT2D eigenvalue weighted by Gasteiger charge is 2.26. The van der Waals surface area contributed by atoms with Crippen LogP contribution in [0, 0.1) is 0 Å². The quantitative estimate of drug-likeness (QED) is 0.876. The third-order valence-corrected chi connectivity index (χ3v) is 3.59. The first kappa shape index (κ1) is 13.1. The second-order valence-corrected chi connectivity index (χ2v) is 5.01. The van der Waals surface area contributed by atoms with Gasteiger partial charge in [0.25, 0.3) is 0 Å². The van der Waals surface area contributed by atoms with Gasteiger partial charge in [0.2, 0.25) is 0 Å². The molecule has 0 aromatic carbocycles. The Balaban J connectivity index is 1.94. The van der Waals surface area contributed by atoms with Gasteiger partial charge >= 0.3 is 5.97 Å². The Kier molecular flexibility index (Phi) is 4.36. The van der Waals surface area contributed by atoms with Gasteiger partial charge in [-0.2, -0.15) is 5.10 Å². The lowest BCUT2D eigenvalue weighted by molar-refractivity contribution is -0.143. The van der Waals surface area contributed by atoms with Crippen LogP contribution in [0.15, 0.2) is 12.4 Å². The number of aromatic nitrogens is 2. The molecule has 2 rings (SSSR count). The maximum absolute atomic E-state index is 11.3. The summed E-state index contributed by atoms with van der Waals surface area (Å²) in [4.78, 5) is 13.4. The second-order valence-electron chi connectivity index (χ2n) is 5.01. The van der Waals surface area contributed by atoms with Gasteiger partial charge in [0.1, 0.15) is 6.04 Å². The first-order valence-corrected chi connectivity index (χ1v) is 6.61. The van der Waals surface area contributed by atoms with E-state index in [-0.39, 0.29) is 6.04 Å². The zero-order valence-electron chi connectivity index (χ0n) is 10.9. The molecule has 1 fully saturated rings. The number of carboxylic acid groups (broad SMARTS) is 1. The van der Waals surface area contributed by atoms with Crippen molar-refractivity contribution in [2.75, 3.05) is 13.1 Å². The number of rotatable bonds is 4. The largest absolute Gasteiger partial charge is 0.480 e. The molecule has 18 heavy (non-hydrogen) atoms. The topological polar surface area (TPSA) is 58.4 Å². The summed E-state index contributed by atoms with van der Waals surface area (Å²) in [6.45, 7) is 1.71. The molecule has 0 radical (unpaired) electrons. The monoisotopic (exact) mass is 251 g/mol. The third kappa shape index (κ3) is 3.32. The molecule has 0 aliphatic carbocycles. The normalized spacial score (nSPS) is 21.7. The van der Waals surface area contributed by atoms with E-state index >= 15 is 0 Å². The van der Waals surface area contributed by atoms with Gasteiger partial charge in [-0.3, -0.25) is 14.4 Å². The van der Waals surface area contributed by atoms with Gasteiger partial charge in [0.15, 0.2) is 0 Å². The second kappa shape index (κ2) is 6.00. The molecule has 1 saturated heterocycles. The van der Waals surface area contributed by atoms with Crippen LogP contribution in [0.1, 0.15) is 31.2 Å². The Morgan fingerprint density at radius 3 is 3.00 bits per heavy atom. The molecule has 5 nitrogen and oxygen atoms in total. The zero-order valence-corrected chi connectivity index (χ0v) is 10.9. The van der Waals surface area contributed by atoms with E-state index in [1.165, 1.54) is 5.56 Å². The van der Waals surface area contributed by atoms with Crippen molar-refractivity contribution in [1.29, 1.82) is 0 Å². The summed E-state index contributed by atoms with van der Waals surface area (Å²) in [7, 11) is 1.90. The minimum atomic E-state index is -0.678. The van der Waals surface area contributed by atoms with E-state index < -0.39 is 5.97 Å². The summed E-state index contributed by atoms with van der Waals surface area (Å²) in [6, 6.07) is -0.302. The van der Waals surface area contributed by atoms with Crippen molar-refractivity contribution in [3.63, 3.8) is 0 Å². The molecule has 1 aromatic rings. The van der Waals surface area contributed by atoms with Gasteiger partial charge in [0.05, 0.1) is 6.20 Å². The Labute approximate surface area is 107 Å². The first-order valence-electron chi connectivity index (χ1n) is 6.61. The Morgan fingerprint density at radius 2 is 2.33 bits per heavy atom. The molecule has 1 N–H and O–H groups in total. The molecule has 100 valence electrons. The number of aryl methyl sites for hydroxylation is 1. The van der Waals surface area contributed by atoms with Gasteiger partial charge in [-0.05, 0) is 31.4 Å². The van der Waals surface area contributed by atoms with Crippen LogP contribution in [0.25, 0.3) is 0 Å². The van der Waals surface area contributed by atoms with Crippen molar-refractivity contribution in [2.45, 2.75) is 38.1 Å². The maximum atomic E-state index is 11.3. The maximum Gasteiger partial charge on any atom is 0.320 e. The lowest BCUT2D eigenvalue weighted by Crippen LogP contribution is -2.41. The fourth-order valence-corrected chi connectivity index (χ4v) is 2.59. The number of hydrogen-bond donors (Lipinski definition) is 1. The first-order chi connectivity index (χ1) is 8.66. The molecule has 1 aliphatic heterocycles. The van der Waals surface area contributed by atoms with Crippen molar-refractivity contribution in [3.8, 4) is 0 Å². The molecule has 0 spiro atoms. The number of aliphatic carboxylic acids is 1. The molecule has 5 heteroatoms. The van der Waals surface area contributed by atoms with Crippen LogP contribution in [0.3, 0.4) is 0 Å². The van der Waals surface area contributed by atoms with Crippen LogP contribution < -0.4 is 0 Å². The fourth-order valence-electron chi connectivity index (χ4n) is 2.59. The van der Waals surface area contributed by atoms with E-state index in [0.29, 0.717) is 0 Å². The number of carbonyl (C=O) groups is 1. The average Bonchev–Trinajstić information content (AvgIpc) is 2.62. The number of hydrogen-bond acceptors (Lipinski definition) is 3.